The molecule has 0 aliphatic heterocycles. The average molecular weight is 225 g/mol. The molecule has 2 heterocycles. The number of aliphatic hydroxyl groups is 1. The Morgan fingerprint density at radius 3 is 3.07 bits per heavy atom. The van der Waals surface area contributed by atoms with Gasteiger partial charge in [-0.3, -0.25) is 4.98 Å². The van der Waals surface area contributed by atoms with Crippen LogP contribution in [0, 0.1) is 0 Å². The summed E-state index contributed by atoms with van der Waals surface area (Å²) in [6.45, 7) is 0.204. The van der Waals surface area contributed by atoms with E-state index in [0.29, 0.717) is 18.1 Å². The van der Waals surface area contributed by atoms with Crippen molar-refractivity contribution < 1.29 is 9.63 Å². The molecule has 2 rings (SSSR count). The largest absolute Gasteiger partial charge is 0.396 e. The molecule has 2 aromatic rings. The molecule has 0 aromatic carbocycles. The van der Waals surface area contributed by atoms with E-state index in [4.69, 9.17) is 9.63 Å². The molecule has 1 N–H and O–H groups in total. The topological polar surface area (TPSA) is 72.0 Å². The van der Waals surface area contributed by atoms with Crippen LogP contribution in [0.4, 0.5) is 0 Å². The van der Waals surface area contributed by atoms with Gasteiger partial charge < -0.3 is 9.63 Å². The fourth-order valence-electron chi connectivity index (χ4n) is 1.17. The molecule has 0 spiro atoms. The number of unbranched alkanes of at least 4 members (excludes halogenated alkanes) is 1. The van der Waals surface area contributed by atoms with Crippen LogP contribution in [0.3, 0.4) is 0 Å². The number of thiazole rings is 1. The molecule has 0 saturated heterocycles. The monoisotopic (exact) mass is 225 g/mol. The van der Waals surface area contributed by atoms with Crippen LogP contribution >= 0.6 is 11.3 Å². The molecular formula is C9H11N3O2S. The maximum Gasteiger partial charge on any atom is 0.226 e. The van der Waals surface area contributed by atoms with Gasteiger partial charge in [0.2, 0.25) is 11.7 Å². The van der Waals surface area contributed by atoms with Crippen LogP contribution in [0.1, 0.15) is 18.7 Å². The molecule has 0 unspecified atom stereocenters. The third-order valence-electron chi connectivity index (χ3n) is 1.92. The Balaban J connectivity index is 1.98. The first-order valence-corrected chi connectivity index (χ1v) is 5.60. The molecule has 0 aliphatic rings. The summed E-state index contributed by atoms with van der Waals surface area (Å²) in [5.41, 5.74) is 1.73. The van der Waals surface area contributed by atoms with Crippen molar-refractivity contribution in [1.29, 1.82) is 0 Å². The minimum absolute atomic E-state index is 0.204. The van der Waals surface area contributed by atoms with Crippen LogP contribution in [-0.2, 0) is 6.42 Å². The SMILES string of the molecule is OCCCCc1nc(-c2cncs2)no1. The van der Waals surface area contributed by atoms with Crippen LogP contribution < -0.4 is 0 Å². The zero-order valence-corrected chi connectivity index (χ0v) is 8.90. The smallest absolute Gasteiger partial charge is 0.226 e. The van der Waals surface area contributed by atoms with Crippen molar-refractivity contribution in [3.8, 4) is 10.7 Å². The normalized spacial score (nSPS) is 10.7. The Labute approximate surface area is 90.8 Å². The molecule has 2 aromatic heterocycles. The van der Waals surface area contributed by atoms with Gasteiger partial charge in [-0.2, -0.15) is 4.98 Å². The molecular weight excluding hydrogens is 214 g/mol. The molecule has 0 fully saturated rings. The number of aromatic nitrogens is 3. The summed E-state index contributed by atoms with van der Waals surface area (Å²) in [5.74, 6) is 1.21. The van der Waals surface area contributed by atoms with Crippen molar-refractivity contribution in [3.05, 3.63) is 17.6 Å². The van der Waals surface area contributed by atoms with Gasteiger partial charge in [-0.1, -0.05) is 5.16 Å². The highest BCUT2D eigenvalue weighted by molar-refractivity contribution is 7.13. The highest BCUT2D eigenvalue weighted by atomic mass is 32.1. The van der Waals surface area contributed by atoms with Gasteiger partial charge in [-0.25, -0.2) is 0 Å². The van der Waals surface area contributed by atoms with E-state index in [1.807, 2.05) is 0 Å². The minimum atomic E-state index is 0.204. The first-order chi connectivity index (χ1) is 7.40. The standard InChI is InChI=1S/C9H11N3O2S/c13-4-2-1-3-8-11-9(12-14-8)7-5-10-6-15-7/h5-6,13H,1-4H2. The summed E-state index contributed by atoms with van der Waals surface area (Å²) in [5, 5.41) is 12.5. The maximum absolute atomic E-state index is 8.63. The van der Waals surface area contributed by atoms with Crippen LogP contribution in [0.2, 0.25) is 0 Å². The second kappa shape index (κ2) is 4.99. The second-order valence-electron chi connectivity index (χ2n) is 3.06. The first-order valence-electron chi connectivity index (χ1n) is 4.72. The molecule has 0 aliphatic carbocycles. The molecule has 80 valence electrons. The number of rotatable bonds is 5. The number of nitrogens with zero attached hydrogens (tertiary/aromatic N) is 3. The molecule has 0 radical (unpaired) electrons. The fourth-order valence-corrected chi connectivity index (χ4v) is 1.72. The first kappa shape index (κ1) is 10.3. The van der Waals surface area contributed by atoms with Crippen molar-refractivity contribution in [3.63, 3.8) is 0 Å². The maximum atomic E-state index is 8.63. The van der Waals surface area contributed by atoms with Crippen LogP contribution in [0.25, 0.3) is 10.7 Å². The third-order valence-corrected chi connectivity index (χ3v) is 2.69. The van der Waals surface area contributed by atoms with Gasteiger partial charge in [0.1, 0.15) is 0 Å². The Kier molecular flexibility index (Phi) is 3.41. The van der Waals surface area contributed by atoms with Gasteiger partial charge in [0.25, 0.3) is 0 Å². The Morgan fingerprint density at radius 1 is 1.40 bits per heavy atom. The van der Waals surface area contributed by atoms with E-state index in [1.165, 1.54) is 11.3 Å². The predicted molar refractivity (Wildman–Crippen MR) is 55.4 cm³/mol. The van der Waals surface area contributed by atoms with Crippen molar-refractivity contribution in [2.45, 2.75) is 19.3 Å². The van der Waals surface area contributed by atoms with E-state index in [1.54, 1.807) is 11.7 Å². The lowest BCUT2D eigenvalue weighted by atomic mass is 10.2. The van der Waals surface area contributed by atoms with E-state index in [2.05, 4.69) is 15.1 Å². The lowest BCUT2D eigenvalue weighted by Gasteiger charge is -1.90. The predicted octanol–water partition coefficient (Wildman–Crippen LogP) is 1.51. The summed E-state index contributed by atoms with van der Waals surface area (Å²) in [7, 11) is 0. The molecule has 0 saturated carbocycles. The quantitative estimate of drug-likeness (QED) is 0.781. The Hall–Kier alpha value is -1.27. The summed E-state index contributed by atoms with van der Waals surface area (Å²) < 4.78 is 5.07. The lowest BCUT2D eigenvalue weighted by Crippen LogP contribution is -1.88. The van der Waals surface area contributed by atoms with Gasteiger partial charge in [0.15, 0.2) is 0 Å². The summed E-state index contributed by atoms with van der Waals surface area (Å²) in [6, 6.07) is 0. The highest BCUT2D eigenvalue weighted by Gasteiger charge is 2.09. The lowest BCUT2D eigenvalue weighted by molar-refractivity contribution is 0.281. The molecule has 0 atom stereocenters. The van der Waals surface area contributed by atoms with Crippen molar-refractivity contribution in [1.82, 2.24) is 15.1 Å². The number of aliphatic hydroxyl groups excluding tert-OH is 1. The number of aryl methyl sites for hydroxylation is 1. The van der Waals surface area contributed by atoms with Gasteiger partial charge >= 0.3 is 0 Å². The van der Waals surface area contributed by atoms with E-state index >= 15 is 0 Å². The second-order valence-corrected chi connectivity index (χ2v) is 3.94. The molecule has 0 bridgehead atoms. The molecule has 5 nitrogen and oxygen atoms in total. The van der Waals surface area contributed by atoms with Gasteiger partial charge in [0, 0.05) is 19.2 Å². The zero-order chi connectivity index (χ0) is 10.5. The Morgan fingerprint density at radius 2 is 2.33 bits per heavy atom. The van der Waals surface area contributed by atoms with E-state index < -0.39 is 0 Å². The van der Waals surface area contributed by atoms with Crippen LogP contribution in [0.5, 0.6) is 0 Å². The minimum Gasteiger partial charge on any atom is -0.396 e. The van der Waals surface area contributed by atoms with Crippen LogP contribution in [0.15, 0.2) is 16.2 Å². The number of hydrogen-bond acceptors (Lipinski definition) is 6. The third kappa shape index (κ3) is 2.60. The number of hydrogen-bond donors (Lipinski definition) is 1. The van der Waals surface area contributed by atoms with Crippen molar-refractivity contribution in [2.75, 3.05) is 6.61 Å². The molecule has 6 heteroatoms. The molecule has 15 heavy (non-hydrogen) atoms. The summed E-state index contributed by atoms with van der Waals surface area (Å²) in [4.78, 5) is 9.09. The van der Waals surface area contributed by atoms with Gasteiger partial charge in [-0.15, -0.1) is 11.3 Å². The van der Waals surface area contributed by atoms with Crippen molar-refractivity contribution >= 4 is 11.3 Å². The van der Waals surface area contributed by atoms with Gasteiger partial charge in [0.05, 0.1) is 10.4 Å². The van der Waals surface area contributed by atoms with E-state index in [9.17, 15) is 0 Å². The van der Waals surface area contributed by atoms with E-state index in [0.717, 1.165) is 17.7 Å². The van der Waals surface area contributed by atoms with E-state index in [-0.39, 0.29) is 6.61 Å². The average Bonchev–Trinajstić information content (AvgIpc) is 2.87. The summed E-state index contributed by atoms with van der Waals surface area (Å²) in [6.07, 6.45) is 4.05. The summed E-state index contributed by atoms with van der Waals surface area (Å²) >= 11 is 1.48. The Bertz CT molecular complexity index is 399. The highest BCUT2D eigenvalue weighted by Crippen LogP contribution is 2.19. The van der Waals surface area contributed by atoms with Crippen molar-refractivity contribution in [2.24, 2.45) is 0 Å². The zero-order valence-electron chi connectivity index (χ0n) is 8.09. The van der Waals surface area contributed by atoms with Crippen LogP contribution in [-0.4, -0.2) is 26.8 Å². The molecule has 0 amide bonds. The van der Waals surface area contributed by atoms with Gasteiger partial charge in [-0.05, 0) is 12.8 Å². The fraction of sp³-hybridized carbons (Fsp3) is 0.444.